The van der Waals surface area contributed by atoms with E-state index in [1.54, 1.807) is 48.5 Å². The molecule has 0 saturated heterocycles. The first-order valence-corrected chi connectivity index (χ1v) is 13.1. The van der Waals surface area contributed by atoms with E-state index in [4.69, 9.17) is 0 Å². The first-order valence-electron chi connectivity index (χ1n) is 11.7. The van der Waals surface area contributed by atoms with Crippen molar-refractivity contribution in [2.45, 2.75) is 49.7 Å². The summed E-state index contributed by atoms with van der Waals surface area (Å²) in [6, 6.07) is 20.2. The molecule has 8 heteroatoms. The van der Waals surface area contributed by atoms with E-state index in [9.17, 15) is 18.0 Å². The molecule has 3 aromatic carbocycles. The second-order valence-corrected chi connectivity index (χ2v) is 11.1. The molecule has 0 aromatic heterocycles. The van der Waals surface area contributed by atoms with Crippen molar-refractivity contribution < 1.29 is 18.0 Å². The molecule has 0 spiro atoms. The molecule has 0 unspecified atom stereocenters. The van der Waals surface area contributed by atoms with Crippen LogP contribution >= 0.6 is 0 Å². The van der Waals surface area contributed by atoms with Gasteiger partial charge in [0.1, 0.15) is 6.04 Å². The molecule has 1 aliphatic heterocycles. The van der Waals surface area contributed by atoms with E-state index in [1.807, 2.05) is 31.2 Å². The molecule has 2 N–H and O–H groups in total. The van der Waals surface area contributed by atoms with Crippen LogP contribution in [-0.4, -0.2) is 36.6 Å². The van der Waals surface area contributed by atoms with Crippen molar-refractivity contribution in [1.29, 1.82) is 0 Å². The van der Waals surface area contributed by atoms with Gasteiger partial charge in [0, 0.05) is 23.8 Å². The number of aryl methyl sites for hydroxylation is 1. The summed E-state index contributed by atoms with van der Waals surface area (Å²) in [5.74, 6) is -0.546. The van der Waals surface area contributed by atoms with Crippen LogP contribution in [0.2, 0.25) is 0 Å². The van der Waals surface area contributed by atoms with Gasteiger partial charge in [-0.25, -0.2) is 8.42 Å². The van der Waals surface area contributed by atoms with Crippen molar-refractivity contribution in [3.63, 3.8) is 0 Å². The first-order chi connectivity index (χ1) is 16.8. The van der Waals surface area contributed by atoms with Crippen LogP contribution in [0.1, 0.15) is 39.9 Å². The highest BCUT2D eigenvalue weighted by Gasteiger charge is 2.39. The minimum atomic E-state index is -3.91. The van der Waals surface area contributed by atoms with E-state index >= 15 is 0 Å². The topological polar surface area (TPSA) is 95.6 Å². The number of anilines is 1. The average Bonchev–Trinajstić information content (AvgIpc) is 3.68. The Kier molecular flexibility index (Phi) is 6.17. The monoisotopic (exact) mass is 489 g/mol. The maximum Gasteiger partial charge on any atom is 0.251 e. The summed E-state index contributed by atoms with van der Waals surface area (Å²) in [5, 5.41) is 5.78. The van der Waals surface area contributed by atoms with Gasteiger partial charge in [-0.2, -0.15) is 4.31 Å². The Hall–Kier alpha value is -3.49. The van der Waals surface area contributed by atoms with Gasteiger partial charge in [-0.1, -0.05) is 42.0 Å². The molecule has 180 valence electrons. The summed E-state index contributed by atoms with van der Waals surface area (Å²) in [7, 11) is -3.91. The van der Waals surface area contributed by atoms with Crippen LogP contribution in [0, 0.1) is 6.92 Å². The number of carbonyl (C=O) groups is 2. The van der Waals surface area contributed by atoms with Gasteiger partial charge in [0.15, 0.2) is 0 Å². The number of rotatable bonds is 6. The molecule has 0 radical (unpaired) electrons. The van der Waals surface area contributed by atoms with Gasteiger partial charge in [0.2, 0.25) is 15.9 Å². The Bertz CT molecular complexity index is 1360. The van der Waals surface area contributed by atoms with Crippen molar-refractivity contribution in [3.8, 4) is 0 Å². The number of nitrogens with one attached hydrogen (secondary N) is 2. The number of amides is 2. The minimum Gasteiger partial charge on any atom is -0.349 e. The molecule has 1 fully saturated rings. The van der Waals surface area contributed by atoms with Crippen molar-refractivity contribution in [3.05, 3.63) is 95.1 Å². The number of fused-ring (bicyclic) bond motifs is 1. The molecule has 1 atom stereocenters. The fraction of sp³-hybridized carbons (Fsp3) is 0.259. The molecular weight excluding hydrogens is 462 g/mol. The standard InChI is InChI=1S/C27H27N3O4S/c1-18-6-14-24(15-7-18)35(33,34)30-17-21-5-3-2-4-20(21)16-25(30)27(32)29-22-10-8-19(9-11-22)26(31)28-23-12-13-23/h2-11,14-15,23,25H,12-13,16-17H2,1H3,(H,28,31)(H,29,32)/t25-/m1/s1. The molecule has 1 saturated carbocycles. The molecule has 3 aromatic rings. The van der Waals surface area contributed by atoms with Gasteiger partial charge in [0.25, 0.3) is 5.91 Å². The Morgan fingerprint density at radius 1 is 0.886 bits per heavy atom. The third-order valence-corrected chi connectivity index (χ3v) is 8.33. The summed E-state index contributed by atoms with van der Waals surface area (Å²) in [5.41, 5.74) is 3.82. The summed E-state index contributed by atoms with van der Waals surface area (Å²) in [6.45, 7) is 2.01. The van der Waals surface area contributed by atoms with Crippen LogP contribution in [0.15, 0.2) is 77.7 Å². The van der Waals surface area contributed by atoms with E-state index in [0.29, 0.717) is 11.3 Å². The molecule has 1 heterocycles. The quantitative estimate of drug-likeness (QED) is 0.553. The minimum absolute atomic E-state index is 0.116. The third kappa shape index (κ3) is 4.99. The van der Waals surface area contributed by atoms with Gasteiger partial charge in [0.05, 0.1) is 4.90 Å². The van der Waals surface area contributed by atoms with Gasteiger partial charge in [-0.15, -0.1) is 0 Å². The maximum atomic E-state index is 13.6. The lowest BCUT2D eigenvalue weighted by molar-refractivity contribution is -0.120. The maximum absolute atomic E-state index is 13.6. The fourth-order valence-corrected chi connectivity index (χ4v) is 5.81. The Morgan fingerprint density at radius 3 is 2.20 bits per heavy atom. The zero-order valence-corrected chi connectivity index (χ0v) is 20.2. The normalized spacial score (nSPS) is 17.9. The van der Waals surface area contributed by atoms with Crippen LogP contribution in [0.5, 0.6) is 0 Å². The fourth-order valence-electron chi connectivity index (χ4n) is 4.25. The number of hydrogen-bond acceptors (Lipinski definition) is 4. The third-order valence-electron chi connectivity index (χ3n) is 6.46. The molecule has 2 amide bonds. The molecule has 1 aliphatic carbocycles. The second kappa shape index (κ2) is 9.28. The second-order valence-electron chi connectivity index (χ2n) is 9.17. The molecule has 7 nitrogen and oxygen atoms in total. The Labute approximate surface area is 205 Å². The van der Waals surface area contributed by atoms with Crippen LogP contribution in [0.3, 0.4) is 0 Å². The molecule has 5 rings (SSSR count). The van der Waals surface area contributed by atoms with Gasteiger partial charge < -0.3 is 10.6 Å². The van der Waals surface area contributed by atoms with E-state index in [2.05, 4.69) is 10.6 Å². The highest BCUT2D eigenvalue weighted by atomic mass is 32.2. The Balaban J connectivity index is 1.39. The lowest BCUT2D eigenvalue weighted by Crippen LogP contribution is -2.50. The first kappa shape index (κ1) is 23.3. The summed E-state index contributed by atoms with van der Waals surface area (Å²) in [6.07, 6.45) is 2.29. The number of benzene rings is 3. The zero-order chi connectivity index (χ0) is 24.6. The SMILES string of the molecule is Cc1ccc(S(=O)(=O)N2Cc3ccccc3C[C@@H]2C(=O)Nc2ccc(C(=O)NC3CC3)cc2)cc1. The van der Waals surface area contributed by atoms with Crippen LogP contribution in [-0.2, 0) is 27.8 Å². The highest BCUT2D eigenvalue weighted by Crippen LogP contribution is 2.30. The molecular formula is C27H27N3O4S. The van der Waals surface area contributed by atoms with Gasteiger partial charge >= 0.3 is 0 Å². The van der Waals surface area contributed by atoms with E-state index in [-0.39, 0.29) is 29.8 Å². The molecule has 2 aliphatic rings. The lowest BCUT2D eigenvalue weighted by Gasteiger charge is -2.35. The smallest absolute Gasteiger partial charge is 0.251 e. The van der Waals surface area contributed by atoms with Gasteiger partial charge in [-0.05, 0) is 73.7 Å². The average molecular weight is 490 g/mol. The number of sulfonamides is 1. The zero-order valence-electron chi connectivity index (χ0n) is 19.4. The van der Waals surface area contributed by atoms with Crippen molar-refractivity contribution >= 4 is 27.5 Å². The largest absolute Gasteiger partial charge is 0.349 e. The van der Waals surface area contributed by atoms with Crippen molar-refractivity contribution in [1.82, 2.24) is 9.62 Å². The lowest BCUT2D eigenvalue weighted by atomic mass is 9.95. The molecule has 35 heavy (non-hydrogen) atoms. The predicted octanol–water partition coefficient (Wildman–Crippen LogP) is 3.64. The van der Waals surface area contributed by atoms with Crippen molar-refractivity contribution in [2.75, 3.05) is 5.32 Å². The number of nitrogens with zero attached hydrogens (tertiary/aromatic N) is 1. The van der Waals surface area contributed by atoms with E-state index < -0.39 is 22.0 Å². The summed E-state index contributed by atoms with van der Waals surface area (Å²) < 4.78 is 28.5. The Morgan fingerprint density at radius 2 is 1.54 bits per heavy atom. The highest BCUT2D eigenvalue weighted by molar-refractivity contribution is 7.89. The van der Waals surface area contributed by atoms with Crippen LogP contribution in [0.25, 0.3) is 0 Å². The van der Waals surface area contributed by atoms with Crippen LogP contribution in [0.4, 0.5) is 5.69 Å². The summed E-state index contributed by atoms with van der Waals surface area (Å²) >= 11 is 0. The van der Waals surface area contributed by atoms with Gasteiger partial charge in [-0.3, -0.25) is 9.59 Å². The summed E-state index contributed by atoms with van der Waals surface area (Å²) in [4.78, 5) is 25.8. The predicted molar refractivity (Wildman–Crippen MR) is 133 cm³/mol. The van der Waals surface area contributed by atoms with Crippen LogP contribution < -0.4 is 10.6 Å². The van der Waals surface area contributed by atoms with Crippen molar-refractivity contribution in [2.24, 2.45) is 0 Å². The van der Waals surface area contributed by atoms with E-state index in [0.717, 1.165) is 29.5 Å². The number of hydrogen-bond donors (Lipinski definition) is 2. The van der Waals surface area contributed by atoms with E-state index in [1.165, 1.54) is 4.31 Å². The number of carbonyl (C=O) groups excluding carboxylic acids is 2. The molecule has 0 bridgehead atoms.